The lowest BCUT2D eigenvalue weighted by molar-refractivity contribution is 0.0751. The molecule has 3 heterocycles. The highest BCUT2D eigenvalue weighted by Crippen LogP contribution is 2.39. The number of thiophene rings is 1. The molecule has 138 valence electrons. The van der Waals surface area contributed by atoms with Crippen molar-refractivity contribution in [2.24, 2.45) is 0 Å². The number of piperazine rings is 1. The van der Waals surface area contributed by atoms with Crippen molar-refractivity contribution in [3.8, 4) is 11.4 Å². The zero-order valence-electron chi connectivity index (χ0n) is 14.9. The summed E-state index contributed by atoms with van der Waals surface area (Å²) in [5.41, 5.74) is 2.13. The molecule has 3 aromatic rings. The van der Waals surface area contributed by atoms with Crippen molar-refractivity contribution in [3.05, 3.63) is 52.5 Å². The van der Waals surface area contributed by atoms with Crippen molar-refractivity contribution in [2.75, 3.05) is 31.1 Å². The van der Waals surface area contributed by atoms with Crippen LogP contribution in [0.15, 0.2) is 46.3 Å². The first kappa shape index (κ1) is 16.5. The second kappa shape index (κ2) is 6.81. The van der Waals surface area contributed by atoms with Gasteiger partial charge in [-0.3, -0.25) is 4.79 Å². The van der Waals surface area contributed by atoms with Crippen LogP contribution in [0.5, 0.6) is 0 Å². The molecule has 2 aliphatic rings. The monoisotopic (exact) mass is 380 g/mol. The Labute approximate surface area is 161 Å². The molecule has 7 heteroatoms. The smallest absolute Gasteiger partial charge is 0.264 e. The van der Waals surface area contributed by atoms with Gasteiger partial charge in [-0.1, -0.05) is 11.2 Å². The van der Waals surface area contributed by atoms with Crippen molar-refractivity contribution in [3.63, 3.8) is 0 Å². The molecule has 27 heavy (non-hydrogen) atoms. The molecule has 0 atom stereocenters. The maximum atomic E-state index is 12.5. The van der Waals surface area contributed by atoms with Crippen molar-refractivity contribution < 1.29 is 9.32 Å². The van der Waals surface area contributed by atoms with Crippen molar-refractivity contribution in [2.45, 2.75) is 18.8 Å². The minimum atomic E-state index is 0.142. The van der Waals surface area contributed by atoms with Crippen LogP contribution in [0.2, 0.25) is 0 Å². The summed E-state index contributed by atoms with van der Waals surface area (Å²) in [6, 6.07) is 12.1. The van der Waals surface area contributed by atoms with Gasteiger partial charge in [0.05, 0.1) is 4.88 Å². The fourth-order valence-electron chi connectivity index (χ4n) is 3.39. The predicted molar refractivity (Wildman–Crippen MR) is 104 cm³/mol. The summed E-state index contributed by atoms with van der Waals surface area (Å²) >= 11 is 1.50. The minimum absolute atomic E-state index is 0.142. The first-order chi connectivity index (χ1) is 13.3. The maximum Gasteiger partial charge on any atom is 0.264 e. The number of amides is 1. The average molecular weight is 380 g/mol. The van der Waals surface area contributed by atoms with Crippen molar-refractivity contribution in [1.82, 2.24) is 15.0 Å². The van der Waals surface area contributed by atoms with Crippen LogP contribution < -0.4 is 4.90 Å². The summed E-state index contributed by atoms with van der Waals surface area (Å²) in [5.74, 6) is 2.04. The van der Waals surface area contributed by atoms with Crippen LogP contribution in [-0.2, 0) is 0 Å². The third-order valence-electron chi connectivity index (χ3n) is 5.16. The van der Waals surface area contributed by atoms with Crippen LogP contribution in [0.3, 0.4) is 0 Å². The molecule has 0 N–H and O–H groups in total. The van der Waals surface area contributed by atoms with Gasteiger partial charge in [-0.15, -0.1) is 11.3 Å². The normalized spacial score (nSPS) is 17.3. The Morgan fingerprint density at radius 2 is 1.85 bits per heavy atom. The first-order valence-electron chi connectivity index (χ1n) is 9.30. The van der Waals surface area contributed by atoms with E-state index in [4.69, 9.17) is 4.52 Å². The number of carbonyl (C=O) groups is 1. The van der Waals surface area contributed by atoms with Gasteiger partial charge < -0.3 is 14.3 Å². The number of aromatic nitrogens is 2. The van der Waals surface area contributed by atoms with Gasteiger partial charge in [-0.05, 0) is 48.6 Å². The molecule has 2 fully saturated rings. The minimum Gasteiger partial charge on any atom is -0.368 e. The molecule has 2 aromatic heterocycles. The second-order valence-electron chi connectivity index (χ2n) is 7.03. The molecule has 0 unspecified atom stereocenters. The van der Waals surface area contributed by atoms with Crippen molar-refractivity contribution in [1.29, 1.82) is 0 Å². The van der Waals surface area contributed by atoms with E-state index in [9.17, 15) is 4.79 Å². The Bertz CT molecular complexity index is 923. The summed E-state index contributed by atoms with van der Waals surface area (Å²) in [5, 5.41) is 6.05. The Morgan fingerprint density at radius 3 is 2.52 bits per heavy atom. The highest BCUT2D eigenvalue weighted by molar-refractivity contribution is 7.12. The molecule has 6 nitrogen and oxygen atoms in total. The zero-order chi connectivity index (χ0) is 18.2. The SMILES string of the molecule is O=C(c1cccs1)N1CCN(c2ccc(-c3noc(C4CC4)n3)cc2)CC1. The van der Waals surface area contributed by atoms with Gasteiger partial charge in [-0.25, -0.2) is 0 Å². The van der Waals surface area contributed by atoms with Crippen LogP contribution in [0, 0.1) is 0 Å². The van der Waals surface area contributed by atoms with Gasteiger partial charge in [0.25, 0.3) is 5.91 Å². The van der Waals surface area contributed by atoms with Gasteiger partial charge in [0.2, 0.25) is 11.7 Å². The van der Waals surface area contributed by atoms with Crippen LogP contribution in [0.1, 0.15) is 34.3 Å². The lowest BCUT2D eigenvalue weighted by atomic mass is 10.1. The number of anilines is 1. The molecule has 1 aliphatic heterocycles. The maximum absolute atomic E-state index is 12.5. The molecular weight excluding hydrogens is 360 g/mol. The van der Waals surface area contributed by atoms with E-state index in [0.717, 1.165) is 61.0 Å². The lowest BCUT2D eigenvalue weighted by Crippen LogP contribution is -2.48. The summed E-state index contributed by atoms with van der Waals surface area (Å²) in [6.45, 7) is 3.16. The van der Waals surface area contributed by atoms with Crippen LogP contribution in [0.4, 0.5) is 5.69 Å². The Kier molecular flexibility index (Phi) is 4.16. The lowest BCUT2D eigenvalue weighted by Gasteiger charge is -2.36. The molecule has 1 aliphatic carbocycles. The van der Waals surface area contributed by atoms with E-state index in [1.807, 2.05) is 34.5 Å². The number of hydrogen-bond acceptors (Lipinski definition) is 6. The number of benzene rings is 1. The van der Waals surface area contributed by atoms with E-state index < -0.39 is 0 Å². The van der Waals surface area contributed by atoms with E-state index in [0.29, 0.717) is 11.7 Å². The first-order valence-corrected chi connectivity index (χ1v) is 10.2. The van der Waals surface area contributed by atoms with E-state index >= 15 is 0 Å². The van der Waals surface area contributed by atoms with E-state index in [1.165, 1.54) is 11.3 Å². The molecule has 1 saturated carbocycles. The van der Waals surface area contributed by atoms with Crippen LogP contribution in [-0.4, -0.2) is 47.1 Å². The number of rotatable bonds is 4. The van der Waals surface area contributed by atoms with Gasteiger partial charge in [0, 0.05) is 43.3 Å². The second-order valence-corrected chi connectivity index (χ2v) is 7.98. The van der Waals surface area contributed by atoms with E-state index in [1.54, 1.807) is 0 Å². The molecule has 1 aromatic carbocycles. The molecule has 5 rings (SSSR count). The fraction of sp³-hybridized carbons (Fsp3) is 0.350. The topological polar surface area (TPSA) is 62.5 Å². The fourth-order valence-corrected chi connectivity index (χ4v) is 4.08. The van der Waals surface area contributed by atoms with Crippen LogP contribution in [0.25, 0.3) is 11.4 Å². The van der Waals surface area contributed by atoms with Gasteiger partial charge in [0.1, 0.15) is 0 Å². The highest BCUT2D eigenvalue weighted by Gasteiger charge is 2.29. The molecular formula is C20H20N4O2S. The van der Waals surface area contributed by atoms with Crippen LogP contribution >= 0.6 is 11.3 Å². The average Bonchev–Trinajstić information content (AvgIpc) is 3.22. The van der Waals surface area contributed by atoms with E-state index in [2.05, 4.69) is 27.2 Å². The number of hydrogen-bond donors (Lipinski definition) is 0. The Morgan fingerprint density at radius 1 is 1.07 bits per heavy atom. The largest absolute Gasteiger partial charge is 0.368 e. The predicted octanol–water partition coefficient (Wildman–Crippen LogP) is 3.64. The summed E-state index contributed by atoms with van der Waals surface area (Å²) in [7, 11) is 0. The third-order valence-corrected chi connectivity index (χ3v) is 6.02. The van der Waals surface area contributed by atoms with Gasteiger partial charge in [-0.2, -0.15) is 4.98 Å². The molecule has 0 spiro atoms. The Balaban J connectivity index is 1.22. The van der Waals surface area contributed by atoms with Crippen molar-refractivity contribution >= 4 is 22.9 Å². The Hall–Kier alpha value is -2.67. The summed E-state index contributed by atoms with van der Waals surface area (Å²) < 4.78 is 5.35. The molecule has 1 amide bonds. The highest BCUT2D eigenvalue weighted by atomic mass is 32.1. The van der Waals surface area contributed by atoms with Gasteiger partial charge in [0.15, 0.2) is 0 Å². The number of carbonyl (C=O) groups excluding carboxylic acids is 1. The quantitative estimate of drug-likeness (QED) is 0.692. The zero-order valence-corrected chi connectivity index (χ0v) is 15.7. The standard InChI is InChI=1S/C20H20N4O2S/c25-20(17-2-1-13-27-17)24-11-9-23(10-12-24)16-7-5-14(6-8-16)18-21-19(26-22-18)15-3-4-15/h1-2,5-8,13,15H,3-4,9-12H2. The third kappa shape index (κ3) is 3.35. The molecule has 0 radical (unpaired) electrons. The van der Waals surface area contributed by atoms with E-state index in [-0.39, 0.29) is 5.91 Å². The summed E-state index contributed by atoms with van der Waals surface area (Å²) in [6.07, 6.45) is 2.31. The number of nitrogens with zero attached hydrogens (tertiary/aromatic N) is 4. The summed E-state index contributed by atoms with van der Waals surface area (Å²) in [4.78, 5) is 22.0. The molecule has 1 saturated heterocycles. The van der Waals surface area contributed by atoms with Gasteiger partial charge >= 0.3 is 0 Å². The molecule has 0 bridgehead atoms.